The van der Waals surface area contributed by atoms with Crippen LogP contribution >= 0.6 is 0 Å². The molecule has 0 spiro atoms. The Morgan fingerprint density at radius 2 is 2.23 bits per heavy atom. The largest absolute Gasteiger partial charge is 0.504 e. The van der Waals surface area contributed by atoms with Gasteiger partial charge in [-0.05, 0) is 45.7 Å². The van der Waals surface area contributed by atoms with Crippen molar-refractivity contribution in [2.75, 3.05) is 25.0 Å². The summed E-state index contributed by atoms with van der Waals surface area (Å²) in [6.07, 6.45) is 3.23. The SMILES string of the molecule is CN(c1ncccc1O)[C@@H]1CCCN(C(=O)OC(C)(C)C)C1. The standard InChI is InChI=1S/C16H25N3O3/c1-16(2,3)22-15(21)19-10-6-7-12(11-19)18(4)14-13(20)8-5-9-17-14/h5,8-9,12,20H,6-7,10-11H2,1-4H3/t12-/m1/s1. The first-order chi connectivity index (χ1) is 10.3. The minimum absolute atomic E-state index is 0.113. The van der Waals surface area contributed by atoms with Crippen molar-refractivity contribution in [1.29, 1.82) is 0 Å². The second-order valence-corrected chi connectivity index (χ2v) is 6.68. The Bertz CT molecular complexity index is 528. The first kappa shape index (κ1) is 16.4. The number of anilines is 1. The van der Waals surface area contributed by atoms with Crippen LogP contribution in [0.5, 0.6) is 5.75 Å². The Morgan fingerprint density at radius 3 is 2.86 bits per heavy atom. The monoisotopic (exact) mass is 307 g/mol. The average Bonchev–Trinajstić information content (AvgIpc) is 2.45. The van der Waals surface area contributed by atoms with Crippen molar-refractivity contribution in [3.05, 3.63) is 18.3 Å². The van der Waals surface area contributed by atoms with Crippen molar-refractivity contribution in [2.45, 2.75) is 45.3 Å². The molecule has 122 valence electrons. The molecule has 1 aromatic heterocycles. The van der Waals surface area contributed by atoms with E-state index in [0.717, 1.165) is 12.8 Å². The van der Waals surface area contributed by atoms with Crippen LogP contribution in [0.3, 0.4) is 0 Å². The van der Waals surface area contributed by atoms with E-state index in [2.05, 4.69) is 4.98 Å². The number of hydrogen-bond donors (Lipinski definition) is 1. The Morgan fingerprint density at radius 1 is 1.50 bits per heavy atom. The number of pyridine rings is 1. The molecule has 1 atom stereocenters. The number of carbonyl (C=O) groups is 1. The molecule has 1 amide bonds. The molecule has 0 aromatic carbocycles. The first-order valence-corrected chi connectivity index (χ1v) is 7.62. The third kappa shape index (κ3) is 4.02. The van der Waals surface area contributed by atoms with E-state index in [0.29, 0.717) is 18.9 Å². The zero-order valence-electron chi connectivity index (χ0n) is 13.7. The van der Waals surface area contributed by atoms with E-state index in [-0.39, 0.29) is 17.9 Å². The van der Waals surface area contributed by atoms with Crippen molar-refractivity contribution in [3.8, 4) is 5.75 Å². The normalized spacial score (nSPS) is 18.9. The number of piperidine rings is 1. The summed E-state index contributed by atoms with van der Waals surface area (Å²) in [5.74, 6) is 0.693. The van der Waals surface area contributed by atoms with Crippen molar-refractivity contribution >= 4 is 11.9 Å². The zero-order chi connectivity index (χ0) is 16.3. The van der Waals surface area contributed by atoms with Crippen molar-refractivity contribution < 1.29 is 14.6 Å². The van der Waals surface area contributed by atoms with Crippen molar-refractivity contribution in [2.24, 2.45) is 0 Å². The highest BCUT2D eigenvalue weighted by molar-refractivity contribution is 5.68. The maximum atomic E-state index is 12.2. The number of nitrogens with zero attached hydrogens (tertiary/aromatic N) is 3. The summed E-state index contributed by atoms with van der Waals surface area (Å²) >= 11 is 0. The molecule has 0 unspecified atom stereocenters. The van der Waals surface area contributed by atoms with Crippen LogP contribution in [-0.4, -0.2) is 52.9 Å². The number of rotatable bonds is 2. The number of aromatic hydroxyl groups is 1. The summed E-state index contributed by atoms with van der Waals surface area (Å²) < 4.78 is 5.44. The second kappa shape index (κ2) is 6.42. The van der Waals surface area contributed by atoms with Gasteiger partial charge in [0.25, 0.3) is 0 Å². The fourth-order valence-corrected chi connectivity index (χ4v) is 2.60. The molecule has 1 N–H and O–H groups in total. The van der Waals surface area contributed by atoms with E-state index in [9.17, 15) is 9.90 Å². The molecule has 1 aliphatic heterocycles. The van der Waals surface area contributed by atoms with E-state index in [1.807, 2.05) is 32.7 Å². The van der Waals surface area contributed by atoms with Crippen LogP contribution in [0.25, 0.3) is 0 Å². The topological polar surface area (TPSA) is 65.9 Å². The van der Waals surface area contributed by atoms with Crippen LogP contribution in [0, 0.1) is 0 Å². The molecule has 2 rings (SSSR count). The molecule has 6 nitrogen and oxygen atoms in total. The maximum Gasteiger partial charge on any atom is 0.410 e. The number of hydrogen-bond acceptors (Lipinski definition) is 5. The summed E-state index contributed by atoms with van der Waals surface area (Å²) in [6, 6.07) is 3.43. The lowest BCUT2D eigenvalue weighted by molar-refractivity contribution is 0.0199. The number of aromatic nitrogens is 1. The van der Waals surface area contributed by atoms with Gasteiger partial charge in [0, 0.05) is 32.4 Å². The van der Waals surface area contributed by atoms with Gasteiger partial charge in [-0.25, -0.2) is 9.78 Å². The predicted octanol–water partition coefficient (Wildman–Crippen LogP) is 2.62. The van der Waals surface area contributed by atoms with Crippen LogP contribution in [0.2, 0.25) is 0 Å². The smallest absolute Gasteiger partial charge is 0.410 e. The molecule has 1 fully saturated rings. The quantitative estimate of drug-likeness (QED) is 0.910. The summed E-state index contributed by atoms with van der Waals surface area (Å²) in [7, 11) is 1.89. The van der Waals surface area contributed by atoms with E-state index in [4.69, 9.17) is 4.74 Å². The van der Waals surface area contributed by atoms with E-state index < -0.39 is 5.60 Å². The molecular weight excluding hydrogens is 282 g/mol. The Hall–Kier alpha value is -1.98. The van der Waals surface area contributed by atoms with E-state index in [1.54, 1.807) is 23.2 Å². The van der Waals surface area contributed by atoms with Gasteiger partial charge in [-0.15, -0.1) is 0 Å². The fraction of sp³-hybridized carbons (Fsp3) is 0.625. The molecule has 2 heterocycles. The minimum atomic E-state index is -0.491. The van der Waals surface area contributed by atoms with Gasteiger partial charge in [0.1, 0.15) is 5.60 Å². The Labute approximate surface area is 131 Å². The third-order valence-electron chi connectivity index (χ3n) is 3.70. The van der Waals surface area contributed by atoms with Crippen LogP contribution < -0.4 is 4.90 Å². The number of amides is 1. The number of likely N-dealkylation sites (N-methyl/N-ethyl adjacent to an activating group) is 1. The first-order valence-electron chi connectivity index (χ1n) is 7.62. The highest BCUT2D eigenvalue weighted by atomic mass is 16.6. The number of likely N-dealkylation sites (tertiary alicyclic amines) is 1. The molecule has 1 aliphatic rings. The maximum absolute atomic E-state index is 12.2. The summed E-state index contributed by atoms with van der Waals surface area (Å²) in [5, 5.41) is 9.93. The van der Waals surface area contributed by atoms with Crippen LogP contribution in [0.4, 0.5) is 10.6 Å². The molecule has 0 saturated carbocycles. The van der Waals surface area contributed by atoms with E-state index in [1.165, 1.54) is 0 Å². The molecule has 1 aromatic rings. The number of ether oxygens (including phenoxy) is 1. The Kier molecular flexibility index (Phi) is 4.78. The van der Waals surface area contributed by atoms with Gasteiger partial charge < -0.3 is 19.6 Å². The lowest BCUT2D eigenvalue weighted by Gasteiger charge is -2.38. The lowest BCUT2D eigenvalue weighted by Crippen LogP contribution is -2.50. The molecule has 0 aliphatic carbocycles. The van der Waals surface area contributed by atoms with Gasteiger partial charge in [0.05, 0.1) is 0 Å². The van der Waals surface area contributed by atoms with E-state index >= 15 is 0 Å². The van der Waals surface area contributed by atoms with Gasteiger partial charge >= 0.3 is 6.09 Å². The lowest BCUT2D eigenvalue weighted by atomic mass is 10.0. The van der Waals surface area contributed by atoms with Gasteiger partial charge in [-0.1, -0.05) is 0 Å². The minimum Gasteiger partial charge on any atom is -0.504 e. The summed E-state index contributed by atoms with van der Waals surface area (Å²) in [5.41, 5.74) is -0.491. The van der Waals surface area contributed by atoms with Crippen LogP contribution in [0.1, 0.15) is 33.6 Å². The summed E-state index contributed by atoms with van der Waals surface area (Å²) in [4.78, 5) is 20.1. The predicted molar refractivity (Wildman–Crippen MR) is 85.1 cm³/mol. The van der Waals surface area contributed by atoms with Gasteiger partial charge in [-0.3, -0.25) is 0 Å². The zero-order valence-corrected chi connectivity index (χ0v) is 13.7. The van der Waals surface area contributed by atoms with Crippen molar-refractivity contribution in [3.63, 3.8) is 0 Å². The van der Waals surface area contributed by atoms with Gasteiger partial charge in [0.2, 0.25) is 0 Å². The average molecular weight is 307 g/mol. The summed E-state index contributed by atoms with van der Waals surface area (Å²) in [6.45, 7) is 6.87. The molecule has 22 heavy (non-hydrogen) atoms. The highest BCUT2D eigenvalue weighted by Crippen LogP contribution is 2.27. The Balaban J connectivity index is 2.04. The molecule has 1 saturated heterocycles. The highest BCUT2D eigenvalue weighted by Gasteiger charge is 2.30. The van der Waals surface area contributed by atoms with Crippen LogP contribution in [-0.2, 0) is 4.74 Å². The van der Waals surface area contributed by atoms with Gasteiger partial charge in [-0.2, -0.15) is 0 Å². The third-order valence-corrected chi connectivity index (χ3v) is 3.70. The molecular formula is C16H25N3O3. The van der Waals surface area contributed by atoms with Gasteiger partial charge in [0.15, 0.2) is 11.6 Å². The molecule has 0 bridgehead atoms. The number of carbonyl (C=O) groups excluding carboxylic acids is 1. The fourth-order valence-electron chi connectivity index (χ4n) is 2.60. The molecule has 6 heteroatoms. The van der Waals surface area contributed by atoms with Crippen LogP contribution in [0.15, 0.2) is 18.3 Å². The second-order valence-electron chi connectivity index (χ2n) is 6.68. The van der Waals surface area contributed by atoms with Crippen molar-refractivity contribution in [1.82, 2.24) is 9.88 Å². The molecule has 0 radical (unpaired) electrons.